The van der Waals surface area contributed by atoms with Gasteiger partial charge in [-0.3, -0.25) is 14.6 Å². The van der Waals surface area contributed by atoms with Crippen LogP contribution in [0.1, 0.15) is 36.0 Å². The fourth-order valence-electron chi connectivity index (χ4n) is 2.83. The highest BCUT2D eigenvalue weighted by atomic mass is 16.2. The van der Waals surface area contributed by atoms with E-state index in [1.165, 1.54) is 6.07 Å². The predicted molar refractivity (Wildman–Crippen MR) is 85.8 cm³/mol. The second-order valence-electron chi connectivity index (χ2n) is 5.76. The number of hydrogen-bond donors (Lipinski definition) is 3. The van der Waals surface area contributed by atoms with Crippen LogP contribution in [0, 0.1) is 0 Å². The molecule has 0 aromatic carbocycles. The highest BCUT2D eigenvalue weighted by molar-refractivity contribution is 5.94. The molecule has 1 aliphatic carbocycles. The largest absolute Gasteiger partial charge is 0.348 e. The van der Waals surface area contributed by atoms with Gasteiger partial charge >= 0.3 is 0 Å². The van der Waals surface area contributed by atoms with Crippen LogP contribution in [0.5, 0.6) is 0 Å². The first-order valence-electron chi connectivity index (χ1n) is 7.72. The maximum atomic E-state index is 12.4. The molecule has 0 spiro atoms. The average molecular weight is 313 g/mol. The molecule has 1 amide bonds. The molecule has 7 nitrogen and oxygen atoms in total. The number of amides is 1. The number of nitrogens with one attached hydrogen (secondary N) is 2. The SMILES string of the molecule is NC1CCCCC1NC(=O)c1cc(-c2ccncc2)n[nH]c1=O. The van der Waals surface area contributed by atoms with Gasteiger partial charge in [-0.05, 0) is 31.0 Å². The summed E-state index contributed by atoms with van der Waals surface area (Å²) in [4.78, 5) is 28.3. The molecule has 0 radical (unpaired) electrons. The number of pyridine rings is 1. The molecule has 120 valence electrons. The zero-order valence-corrected chi connectivity index (χ0v) is 12.7. The van der Waals surface area contributed by atoms with Gasteiger partial charge in [-0.15, -0.1) is 0 Å². The summed E-state index contributed by atoms with van der Waals surface area (Å²) in [5.41, 5.74) is 6.88. The first kappa shape index (κ1) is 15.4. The molecule has 2 aromatic heterocycles. The lowest BCUT2D eigenvalue weighted by Crippen LogP contribution is -2.50. The van der Waals surface area contributed by atoms with E-state index in [-0.39, 0.29) is 17.6 Å². The fourth-order valence-corrected chi connectivity index (χ4v) is 2.83. The van der Waals surface area contributed by atoms with Gasteiger partial charge in [0.05, 0.1) is 5.69 Å². The van der Waals surface area contributed by atoms with Crippen LogP contribution in [0.4, 0.5) is 0 Å². The third kappa shape index (κ3) is 3.45. The molecule has 2 aromatic rings. The minimum Gasteiger partial charge on any atom is -0.348 e. The second-order valence-corrected chi connectivity index (χ2v) is 5.76. The van der Waals surface area contributed by atoms with E-state index in [4.69, 9.17) is 5.73 Å². The molecule has 0 saturated heterocycles. The van der Waals surface area contributed by atoms with Gasteiger partial charge in [0.15, 0.2) is 0 Å². The number of nitrogens with zero attached hydrogens (tertiary/aromatic N) is 2. The molecule has 2 heterocycles. The van der Waals surface area contributed by atoms with E-state index in [0.717, 1.165) is 31.2 Å². The van der Waals surface area contributed by atoms with Crippen LogP contribution < -0.4 is 16.6 Å². The minimum absolute atomic E-state index is 0.0459. The maximum Gasteiger partial charge on any atom is 0.277 e. The normalized spacial score (nSPS) is 20.9. The van der Waals surface area contributed by atoms with E-state index >= 15 is 0 Å². The molecule has 3 rings (SSSR count). The van der Waals surface area contributed by atoms with Crippen molar-refractivity contribution in [3.05, 3.63) is 46.5 Å². The molecule has 4 N–H and O–H groups in total. The fraction of sp³-hybridized carbons (Fsp3) is 0.375. The van der Waals surface area contributed by atoms with Gasteiger partial charge in [0.1, 0.15) is 5.56 Å². The summed E-state index contributed by atoms with van der Waals surface area (Å²) in [6.45, 7) is 0. The van der Waals surface area contributed by atoms with Gasteiger partial charge in [0, 0.05) is 30.0 Å². The van der Waals surface area contributed by atoms with Crippen LogP contribution in [0.2, 0.25) is 0 Å². The van der Waals surface area contributed by atoms with E-state index in [2.05, 4.69) is 20.5 Å². The number of H-pyrrole nitrogens is 1. The van der Waals surface area contributed by atoms with E-state index in [1.807, 2.05) is 0 Å². The van der Waals surface area contributed by atoms with E-state index in [0.29, 0.717) is 5.69 Å². The van der Waals surface area contributed by atoms with Crippen LogP contribution in [0.3, 0.4) is 0 Å². The third-order valence-corrected chi connectivity index (χ3v) is 4.16. The molecule has 1 aliphatic rings. The van der Waals surface area contributed by atoms with Crippen molar-refractivity contribution in [2.45, 2.75) is 37.8 Å². The van der Waals surface area contributed by atoms with Gasteiger partial charge in [-0.25, -0.2) is 5.10 Å². The van der Waals surface area contributed by atoms with Gasteiger partial charge < -0.3 is 11.1 Å². The summed E-state index contributed by atoms with van der Waals surface area (Å²) in [7, 11) is 0. The number of aromatic nitrogens is 3. The van der Waals surface area contributed by atoms with Gasteiger partial charge in [0.25, 0.3) is 11.5 Å². The summed E-state index contributed by atoms with van der Waals surface area (Å²) < 4.78 is 0. The average Bonchev–Trinajstić information content (AvgIpc) is 2.58. The first-order valence-corrected chi connectivity index (χ1v) is 7.72. The summed E-state index contributed by atoms with van der Waals surface area (Å²) >= 11 is 0. The summed E-state index contributed by atoms with van der Waals surface area (Å²) in [5, 5.41) is 9.24. The van der Waals surface area contributed by atoms with Gasteiger partial charge in [0.2, 0.25) is 0 Å². The number of rotatable bonds is 3. The van der Waals surface area contributed by atoms with Crippen LogP contribution in [0.25, 0.3) is 11.3 Å². The Kier molecular flexibility index (Phi) is 4.47. The Hall–Kier alpha value is -2.54. The van der Waals surface area contributed by atoms with Crippen molar-refractivity contribution < 1.29 is 4.79 Å². The number of nitrogens with two attached hydrogens (primary N) is 1. The molecule has 1 saturated carbocycles. The molecule has 2 unspecified atom stereocenters. The Labute approximate surface area is 133 Å². The third-order valence-electron chi connectivity index (χ3n) is 4.16. The van der Waals surface area contributed by atoms with Crippen molar-refractivity contribution in [3.63, 3.8) is 0 Å². The number of carbonyl (C=O) groups is 1. The Bertz CT molecular complexity index is 744. The van der Waals surface area contributed by atoms with Crippen molar-refractivity contribution in [2.24, 2.45) is 5.73 Å². The lowest BCUT2D eigenvalue weighted by Gasteiger charge is -2.29. The van der Waals surface area contributed by atoms with Gasteiger partial charge in [-0.2, -0.15) is 5.10 Å². The topological polar surface area (TPSA) is 114 Å². The van der Waals surface area contributed by atoms with Crippen molar-refractivity contribution in [1.82, 2.24) is 20.5 Å². The summed E-state index contributed by atoms with van der Waals surface area (Å²) in [6, 6.07) is 4.87. The van der Waals surface area contributed by atoms with Crippen LogP contribution >= 0.6 is 0 Å². The quantitative estimate of drug-likeness (QED) is 0.776. The van der Waals surface area contributed by atoms with Crippen molar-refractivity contribution >= 4 is 5.91 Å². The predicted octanol–water partition coefficient (Wildman–Crippen LogP) is 0.832. The molecule has 23 heavy (non-hydrogen) atoms. The van der Waals surface area contributed by atoms with Crippen LogP contribution in [-0.2, 0) is 0 Å². The Morgan fingerprint density at radius 1 is 1.26 bits per heavy atom. The van der Waals surface area contributed by atoms with Crippen LogP contribution in [0.15, 0.2) is 35.4 Å². The molecule has 1 fully saturated rings. The summed E-state index contributed by atoms with van der Waals surface area (Å²) in [6.07, 6.45) is 7.10. The number of hydrogen-bond acceptors (Lipinski definition) is 5. The van der Waals surface area contributed by atoms with Gasteiger partial charge in [-0.1, -0.05) is 12.8 Å². The molecule has 0 aliphatic heterocycles. The summed E-state index contributed by atoms with van der Waals surface area (Å²) in [5.74, 6) is -0.411. The molecule has 0 bridgehead atoms. The van der Waals surface area contributed by atoms with E-state index in [1.54, 1.807) is 24.5 Å². The zero-order valence-electron chi connectivity index (χ0n) is 12.7. The number of carbonyl (C=O) groups excluding carboxylic acids is 1. The smallest absolute Gasteiger partial charge is 0.277 e. The Morgan fingerprint density at radius 3 is 2.74 bits per heavy atom. The lowest BCUT2D eigenvalue weighted by molar-refractivity contribution is 0.0919. The highest BCUT2D eigenvalue weighted by Crippen LogP contribution is 2.18. The molecular weight excluding hydrogens is 294 g/mol. The van der Waals surface area contributed by atoms with E-state index in [9.17, 15) is 9.59 Å². The molecular formula is C16H19N5O2. The van der Waals surface area contributed by atoms with Crippen molar-refractivity contribution in [3.8, 4) is 11.3 Å². The molecule has 2 atom stereocenters. The first-order chi connectivity index (χ1) is 11.1. The Morgan fingerprint density at radius 2 is 2.00 bits per heavy atom. The Balaban J connectivity index is 1.84. The highest BCUT2D eigenvalue weighted by Gasteiger charge is 2.24. The number of aromatic amines is 1. The standard InChI is InChI=1S/C16H19N5O2/c17-12-3-1-2-4-13(12)19-15(22)11-9-14(20-21-16(11)23)10-5-7-18-8-6-10/h5-9,12-13H,1-4,17H2,(H,19,22)(H,21,23). The van der Waals surface area contributed by atoms with E-state index < -0.39 is 11.5 Å². The molecule has 7 heteroatoms. The lowest BCUT2D eigenvalue weighted by atomic mass is 9.91. The maximum absolute atomic E-state index is 12.4. The van der Waals surface area contributed by atoms with Crippen molar-refractivity contribution in [2.75, 3.05) is 0 Å². The van der Waals surface area contributed by atoms with Crippen molar-refractivity contribution in [1.29, 1.82) is 0 Å². The monoisotopic (exact) mass is 313 g/mol. The minimum atomic E-state index is -0.510. The van der Waals surface area contributed by atoms with Crippen LogP contribution in [-0.4, -0.2) is 33.2 Å². The zero-order chi connectivity index (χ0) is 16.2. The second kappa shape index (κ2) is 6.70.